The molecule has 2 heterocycles. The molecule has 6 nitrogen and oxygen atoms in total. The predicted molar refractivity (Wildman–Crippen MR) is 130 cm³/mol. The number of anilines is 1. The van der Waals surface area contributed by atoms with Crippen LogP contribution in [0.25, 0.3) is 11.3 Å². The lowest BCUT2D eigenvalue weighted by Gasteiger charge is -2.19. The number of benzene rings is 3. The van der Waals surface area contributed by atoms with Gasteiger partial charge < -0.3 is 14.8 Å². The number of para-hydroxylation sites is 1. The Hall–Kier alpha value is -3.84. The van der Waals surface area contributed by atoms with Crippen molar-refractivity contribution in [2.45, 2.75) is 18.0 Å². The fourth-order valence-corrected chi connectivity index (χ4v) is 3.99. The van der Waals surface area contributed by atoms with E-state index in [0.29, 0.717) is 29.1 Å². The van der Waals surface area contributed by atoms with Crippen molar-refractivity contribution >= 4 is 17.4 Å². The lowest BCUT2D eigenvalue weighted by atomic mass is 10.1. The predicted octanol–water partition coefficient (Wildman–Crippen LogP) is 5.90. The molecular weight excluding hydrogens is 432 g/mol. The van der Waals surface area contributed by atoms with Crippen LogP contribution in [0.4, 0.5) is 5.69 Å². The van der Waals surface area contributed by atoms with Gasteiger partial charge in [-0.25, -0.2) is 0 Å². The van der Waals surface area contributed by atoms with Crippen LogP contribution in [-0.2, 0) is 6.61 Å². The van der Waals surface area contributed by atoms with Crippen molar-refractivity contribution in [1.82, 2.24) is 15.2 Å². The largest absolute Gasteiger partial charge is 0.489 e. The second kappa shape index (κ2) is 9.75. The van der Waals surface area contributed by atoms with Gasteiger partial charge in [0.2, 0.25) is 11.0 Å². The monoisotopic (exact) mass is 454 g/mol. The minimum absolute atomic E-state index is 0.440. The third-order valence-electron chi connectivity index (χ3n) is 5.10. The molecule has 0 fully saturated rings. The van der Waals surface area contributed by atoms with Gasteiger partial charge in [-0.3, -0.25) is 0 Å². The summed E-state index contributed by atoms with van der Waals surface area (Å²) in [5.41, 5.74) is 4.50. The molecule has 1 aromatic heterocycles. The van der Waals surface area contributed by atoms with Gasteiger partial charge in [-0.1, -0.05) is 66.4 Å². The summed E-state index contributed by atoms with van der Waals surface area (Å²) >= 11 is 1.46. The zero-order valence-corrected chi connectivity index (χ0v) is 18.7. The van der Waals surface area contributed by atoms with E-state index in [0.717, 1.165) is 28.1 Å². The van der Waals surface area contributed by atoms with Crippen LogP contribution in [0.2, 0.25) is 0 Å². The summed E-state index contributed by atoms with van der Waals surface area (Å²) in [5.74, 6) is 1.94. The Bertz CT molecular complexity index is 1250. The van der Waals surface area contributed by atoms with Crippen molar-refractivity contribution in [3.63, 3.8) is 0 Å². The highest BCUT2D eigenvalue weighted by Gasteiger charge is 2.26. The summed E-state index contributed by atoms with van der Waals surface area (Å²) in [6, 6.07) is 25.9. The first-order valence-electron chi connectivity index (χ1n) is 10.6. The van der Waals surface area contributed by atoms with Gasteiger partial charge in [-0.05, 0) is 35.9 Å². The standard InChI is InChI=1S/C26H22N4O2S/c1-2-16-33-26-28-25-23(29-30-26)21-10-6-7-11-22(21)27-24(32-25)19-12-14-20(15-13-19)31-17-18-8-4-3-5-9-18/h2-15,24,27H,1,16-17H2. The third kappa shape index (κ3) is 4.83. The van der Waals surface area contributed by atoms with Crippen molar-refractivity contribution in [3.05, 3.63) is 103 Å². The van der Waals surface area contributed by atoms with Crippen LogP contribution in [0.15, 0.2) is 96.7 Å². The molecule has 5 rings (SSSR count). The Balaban J connectivity index is 1.40. The van der Waals surface area contributed by atoms with Crippen LogP contribution < -0.4 is 14.8 Å². The van der Waals surface area contributed by atoms with E-state index in [1.54, 1.807) is 0 Å². The molecule has 0 aliphatic carbocycles. The maximum absolute atomic E-state index is 6.31. The zero-order valence-electron chi connectivity index (χ0n) is 17.8. The summed E-state index contributed by atoms with van der Waals surface area (Å²) in [7, 11) is 0. The van der Waals surface area contributed by atoms with Crippen LogP contribution >= 0.6 is 11.8 Å². The Labute approximate surface area is 196 Å². The number of nitrogens with zero attached hydrogens (tertiary/aromatic N) is 3. The minimum Gasteiger partial charge on any atom is -0.489 e. The molecule has 0 radical (unpaired) electrons. The van der Waals surface area contributed by atoms with E-state index < -0.39 is 6.23 Å². The number of thioether (sulfide) groups is 1. The molecule has 0 bridgehead atoms. The molecule has 0 saturated carbocycles. The van der Waals surface area contributed by atoms with Gasteiger partial charge in [0, 0.05) is 22.6 Å². The maximum atomic E-state index is 6.31. The molecule has 3 aromatic carbocycles. The molecule has 164 valence electrons. The smallest absolute Gasteiger partial charge is 0.247 e. The Morgan fingerprint density at radius 3 is 2.58 bits per heavy atom. The Morgan fingerprint density at radius 1 is 0.970 bits per heavy atom. The molecule has 0 saturated heterocycles. The molecule has 7 heteroatoms. The maximum Gasteiger partial charge on any atom is 0.247 e. The molecule has 0 spiro atoms. The summed E-state index contributed by atoms with van der Waals surface area (Å²) in [5, 5.41) is 12.7. The fourth-order valence-electron chi connectivity index (χ4n) is 3.47. The SMILES string of the molecule is C=CCSc1nnc2c(n1)OC(c1ccc(OCc3ccccc3)cc1)Nc1ccccc1-2. The molecule has 1 aliphatic heterocycles. The van der Waals surface area contributed by atoms with Gasteiger partial charge in [-0.2, -0.15) is 4.98 Å². The van der Waals surface area contributed by atoms with Crippen molar-refractivity contribution in [3.8, 4) is 22.9 Å². The Kier molecular flexibility index (Phi) is 6.21. The van der Waals surface area contributed by atoms with Gasteiger partial charge in [0.25, 0.3) is 0 Å². The minimum atomic E-state index is -0.440. The fraction of sp³-hybridized carbons (Fsp3) is 0.115. The number of nitrogens with one attached hydrogen (secondary N) is 1. The van der Waals surface area contributed by atoms with Gasteiger partial charge in [0.15, 0.2) is 11.9 Å². The molecule has 0 amide bonds. The van der Waals surface area contributed by atoms with Crippen LogP contribution in [0.1, 0.15) is 17.4 Å². The number of rotatable bonds is 7. The highest BCUT2D eigenvalue weighted by Crippen LogP contribution is 2.39. The highest BCUT2D eigenvalue weighted by atomic mass is 32.2. The van der Waals surface area contributed by atoms with Gasteiger partial charge >= 0.3 is 0 Å². The molecule has 1 N–H and O–H groups in total. The molecule has 1 aliphatic rings. The zero-order chi connectivity index (χ0) is 22.5. The molecule has 1 atom stereocenters. The average Bonchev–Trinajstić information content (AvgIpc) is 3.03. The van der Waals surface area contributed by atoms with Crippen LogP contribution in [0, 0.1) is 0 Å². The normalized spacial score (nSPS) is 14.1. The molecule has 33 heavy (non-hydrogen) atoms. The number of ether oxygens (including phenoxy) is 2. The van der Waals surface area contributed by atoms with Crippen molar-refractivity contribution in [2.75, 3.05) is 11.1 Å². The van der Waals surface area contributed by atoms with E-state index in [-0.39, 0.29) is 0 Å². The second-order valence-corrected chi connectivity index (χ2v) is 8.37. The first-order chi connectivity index (χ1) is 16.3. The van der Waals surface area contributed by atoms with Crippen molar-refractivity contribution in [2.24, 2.45) is 0 Å². The highest BCUT2D eigenvalue weighted by molar-refractivity contribution is 7.99. The molecular formula is C26H22N4O2S. The Morgan fingerprint density at radius 2 is 1.76 bits per heavy atom. The third-order valence-corrected chi connectivity index (χ3v) is 5.93. The summed E-state index contributed by atoms with van der Waals surface area (Å²) in [4.78, 5) is 4.62. The molecule has 1 unspecified atom stereocenters. The molecule has 4 aromatic rings. The van der Waals surface area contributed by atoms with Gasteiger partial charge in [0.05, 0.1) is 0 Å². The van der Waals surface area contributed by atoms with Crippen molar-refractivity contribution in [1.29, 1.82) is 0 Å². The van der Waals surface area contributed by atoms with E-state index in [4.69, 9.17) is 9.47 Å². The number of aromatic nitrogens is 3. The van der Waals surface area contributed by atoms with Crippen LogP contribution in [0.5, 0.6) is 11.6 Å². The van der Waals surface area contributed by atoms with Crippen LogP contribution in [-0.4, -0.2) is 20.9 Å². The van der Waals surface area contributed by atoms with Gasteiger partial charge in [-0.15, -0.1) is 16.8 Å². The first kappa shape index (κ1) is 21.0. The lowest BCUT2D eigenvalue weighted by Crippen LogP contribution is -2.17. The number of hydrogen-bond donors (Lipinski definition) is 1. The quantitative estimate of drug-likeness (QED) is 0.275. The van der Waals surface area contributed by atoms with Crippen molar-refractivity contribution < 1.29 is 9.47 Å². The topological polar surface area (TPSA) is 69.2 Å². The summed E-state index contributed by atoms with van der Waals surface area (Å²) in [6.45, 7) is 4.27. The van der Waals surface area contributed by atoms with E-state index in [1.807, 2.05) is 84.9 Å². The first-order valence-corrected chi connectivity index (χ1v) is 11.6. The summed E-state index contributed by atoms with van der Waals surface area (Å²) < 4.78 is 12.2. The van der Waals surface area contributed by atoms with Crippen LogP contribution in [0.3, 0.4) is 0 Å². The summed E-state index contributed by atoms with van der Waals surface area (Å²) in [6.07, 6.45) is 1.37. The number of fused-ring (bicyclic) bond motifs is 3. The number of hydrogen-bond acceptors (Lipinski definition) is 7. The van der Waals surface area contributed by atoms with E-state index in [2.05, 4.69) is 27.1 Å². The van der Waals surface area contributed by atoms with E-state index in [1.165, 1.54) is 11.8 Å². The van der Waals surface area contributed by atoms with E-state index in [9.17, 15) is 0 Å². The van der Waals surface area contributed by atoms with Gasteiger partial charge in [0.1, 0.15) is 12.4 Å². The van der Waals surface area contributed by atoms with E-state index >= 15 is 0 Å². The lowest BCUT2D eigenvalue weighted by molar-refractivity contribution is 0.225. The average molecular weight is 455 g/mol. The second-order valence-electron chi connectivity index (χ2n) is 7.38.